The number of nitrogens with two attached hydrogens (primary N) is 1. The molecule has 4 N–H and O–H groups in total. The van der Waals surface area contributed by atoms with Crippen LogP contribution < -0.4 is 5.73 Å². The predicted molar refractivity (Wildman–Crippen MR) is 46.1 cm³/mol. The van der Waals surface area contributed by atoms with Crippen LogP contribution in [0.1, 0.15) is 10.4 Å². The molecule has 0 atom stereocenters. The van der Waals surface area contributed by atoms with Crippen molar-refractivity contribution >= 4 is 17.3 Å². The minimum absolute atomic E-state index is 0.262. The lowest BCUT2D eigenvalue weighted by atomic mass is 10.1. The molecule has 0 saturated heterocycles. The maximum atomic E-state index is 10.6. The number of carbonyl (C=O) groups is 1. The summed E-state index contributed by atoms with van der Waals surface area (Å²) in [4.78, 5) is 20.0. The van der Waals surface area contributed by atoms with Gasteiger partial charge in [0.15, 0.2) is 11.3 Å². The number of nitrogens with zero attached hydrogens (tertiary/aromatic N) is 1. The molecule has 1 aromatic rings. The summed E-state index contributed by atoms with van der Waals surface area (Å²) in [5.74, 6) is -2.27. The number of nitro groups is 1. The molecule has 0 spiro atoms. The lowest BCUT2D eigenvalue weighted by molar-refractivity contribution is -0.386. The first-order valence-electron chi connectivity index (χ1n) is 3.44. The van der Waals surface area contributed by atoms with Gasteiger partial charge in [0.05, 0.1) is 10.6 Å². The van der Waals surface area contributed by atoms with Crippen molar-refractivity contribution in [2.45, 2.75) is 0 Å². The van der Waals surface area contributed by atoms with Crippen molar-refractivity contribution in [1.29, 1.82) is 0 Å². The van der Waals surface area contributed by atoms with Gasteiger partial charge in [-0.15, -0.1) is 0 Å². The molecule has 1 rings (SSSR count). The minimum Gasteiger partial charge on any atom is -0.502 e. The zero-order valence-electron chi connectivity index (χ0n) is 6.80. The van der Waals surface area contributed by atoms with Crippen LogP contribution >= 0.6 is 0 Å². The fourth-order valence-corrected chi connectivity index (χ4v) is 1.01. The third kappa shape index (κ3) is 1.42. The first-order valence-corrected chi connectivity index (χ1v) is 3.44. The van der Waals surface area contributed by atoms with Gasteiger partial charge in [0.2, 0.25) is 0 Å². The van der Waals surface area contributed by atoms with Gasteiger partial charge in [-0.2, -0.15) is 0 Å². The molecule has 7 heteroatoms. The molecule has 0 fully saturated rings. The van der Waals surface area contributed by atoms with Crippen LogP contribution in [0.3, 0.4) is 0 Å². The standard InChI is InChI=1S/C7H6N2O5/c8-3-1-2-4(10)6(9(13)14)5(3)7(11)12/h1-2,10H,8H2,(H,11,12). The Morgan fingerprint density at radius 1 is 1.50 bits per heavy atom. The summed E-state index contributed by atoms with van der Waals surface area (Å²) < 4.78 is 0. The number of aromatic carboxylic acids is 1. The number of hydrogen-bond donors (Lipinski definition) is 3. The molecule has 0 unspecified atom stereocenters. The molecule has 7 nitrogen and oxygen atoms in total. The van der Waals surface area contributed by atoms with Crippen molar-refractivity contribution in [3.8, 4) is 5.75 Å². The highest BCUT2D eigenvalue weighted by Crippen LogP contribution is 2.33. The summed E-state index contributed by atoms with van der Waals surface area (Å²) in [5, 5.41) is 28.1. The van der Waals surface area contributed by atoms with Crippen molar-refractivity contribution < 1.29 is 19.9 Å². The maximum Gasteiger partial charge on any atom is 0.345 e. The monoisotopic (exact) mass is 198 g/mol. The van der Waals surface area contributed by atoms with E-state index in [9.17, 15) is 14.9 Å². The number of carboxylic acids is 1. The van der Waals surface area contributed by atoms with Crippen molar-refractivity contribution in [3.05, 3.63) is 27.8 Å². The smallest absolute Gasteiger partial charge is 0.345 e. The Labute approximate surface area is 77.5 Å². The number of aromatic hydroxyl groups is 1. The Bertz CT molecular complexity index is 376. The van der Waals surface area contributed by atoms with Crippen molar-refractivity contribution in [2.75, 3.05) is 5.73 Å². The van der Waals surface area contributed by atoms with Crippen molar-refractivity contribution in [2.24, 2.45) is 0 Å². The summed E-state index contributed by atoms with van der Waals surface area (Å²) in [6.07, 6.45) is 0. The lowest BCUT2D eigenvalue weighted by Crippen LogP contribution is -2.06. The van der Waals surface area contributed by atoms with Crippen LogP contribution in [-0.2, 0) is 0 Å². The highest BCUT2D eigenvalue weighted by atomic mass is 16.6. The Morgan fingerprint density at radius 3 is 2.43 bits per heavy atom. The molecule has 0 saturated carbocycles. The molecule has 0 heterocycles. The van der Waals surface area contributed by atoms with E-state index in [4.69, 9.17) is 15.9 Å². The zero-order chi connectivity index (χ0) is 10.9. The molecule has 0 aliphatic heterocycles. The highest BCUT2D eigenvalue weighted by Gasteiger charge is 2.26. The molecular weight excluding hydrogens is 192 g/mol. The van der Waals surface area contributed by atoms with Gasteiger partial charge < -0.3 is 15.9 Å². The second-order valence-electron chi connectivity index (χ2n) is 2.46. The number of phenolic OH excluding ortho intramolecular Hbond substituents is 1. The Morgan fingerprint density at radius 2 is 2.07 bits per heavy atom. The first kappa shape index (κ1) is 9.78. The number of rotatable bonds is 2. The average Bonchev–Trinajstić information content (AvgIpc) is 2.07. The lowest BCUT2D eigenvalue weighted by Gasteiger charge is -2.02. The maximum absolute atomic E-state index is 10.6. The number of nitrogen functional groups attached to an aromatic ring is 1. The molecule has 1 aromatic carbocycles. The van der Waals surface area contributed by atoms with Gasteiger partial charge in [-0.1, -0.05) is 0 Å². The van der Waals surface area contributed by atoms with Gasteiger partial charge >= 0.3 is 11.7 Å². The second kappa shape index (κ2) is 3.21. The molecule has 14 heavy (non-hydrogen) atoms. The van der Waals surface area contributed by atoms with Crippen LogP contribution in [0.15, 0.2) is 12.1 Å². The topological polar surface area (TPSA) is 127 Å². The largest absolute Gasteiger partial charge is 0.502 e. The number of benzene rings is 1. The molecule has 74 valence electrons. The number of carboxylic acid groups (broad SMARTS) is 1. The number of nitro benzene ring substituents is 1. The van der Waals surface area contributed by atoms with Crippen LogP contribution in [-0.4, -0.2) is 21.1 Å². The summed E-state index contributed by atoms with van der Waals surface area (Å²) in [6.45, 7) is 0. The fraction of sp³-hybridized carbons (Fsp3) is 0. The van der Waals surface area contributed by atoms with Crippen molar-refractivity contribution in [3.63, 3.8) is 0 Å². The molecule has 0 radical (unpaired) electrons. The Kier molecular flexibility index (Phi) is 2.24. The van der Waals surface area contributed by atoms with Gasteiger partial charge in [-0.25, -0.2) is 4.79 Å². The third-order valence-corrected chi connectivity index (χ3v) is 1.59. The summed E-state index contributed by atoms with van der Waals surface area (Å²) in [6, 6.07) is 2.06. The number of anilines is 1. The van der Waals surface area contributed by atoms with E-state index in [1.165, 1.54) is 0 Å². The van der Waals surface area contributed by atoms with E-state index in [0.29, 0.717) is 0 Å². The quantitative estimate of drug-likeness (QED) is 0.276. The highest BCUT2D eigenvalue weighted by molar-refractivity contribution is 5.99. The van der Waals surface area contributed by atoms with Gasteiger partial charge in [0.1, 0.15) is 0 Å². The Hall–Kier alpha value is -2.31. The van der Waals surface area contributed by atoms with Crippen LogP contribution in [0.4, 0.5) is 11.4 Å². The molecule has 0 aliphatic rings. The predicted octanol–water partition coefficient (Wildman–Crippen LogP) is 0.581. The second-order valence-corrected chi connectivity index (χ2v) is 2.46. The zero-order valence-corrected chi connectivity index (χ0v) is 6.80. The van der Waals surface area contributed by atoms with E-state index >= 15 is 0 Å². The van der Waals surface area contributed by atoms with E-state index in [1.807, 2.05) is 0 Å². The minimum atomic E-state index is -1.55. The summed E-state index contributed by atoms with van der Waals surface area (Å²) >= 11 is 0. The molecular formula is C7H6N2O5. The normalized spacial score (nSPS) is 9.71. The van der Waals surface area contributed by atoms with Crippen LogP contribution in [0.2, 0.25) is 0 Å². The van der Waals surface area contributed by atoms with Crippen LogP contribution in [0, 0.1) is 10.1 Å². The Balaban J connectivity index is 3.58. The number of phenols is 1. The fourth-order valence-electron chi connectivity index (χ4n) is 1.01. The van der Waals surface area contributed by atoms with E-state index in [-0.39, 0.29) is 5.69 Å². The third-order valence-electron chi connectivity index (χ3n) is 1.59. The molecule has 0 aromatic heterocycles. The molecule has 0 aliphatic carbocycles. The van der Waals surface area contributed by atoms with E-state index in [2.05, 4.69) is 0 Å². The van der Waals surface area contributed by atoms with Gasteiger partial charge in [0.25, 0.3) is 0 Å². The SMILES string of the molecule is Nc1ccc(O)c([N+](=O)[O-])c1C(=O)O. The van der Waals surface area contributed by atoms with Crippen molar-refractivity contribution in [1.82, 2.24) is 0 Å². The van der Waals surface area contributed by atoms with Gasteiger partial charge in [-0.3, -0.25) is 10.1 Å². The molecule has 0 amide bonds. The number of hydrogen-bond acceptors (Lipinski definition) is 5. The van der Waals surface area contributed by atoms with Gasteiger partial charge in [-0.05, 0) is 12.1 Å². The van der Waals surface area contributed by atoms with E-state index < -0.39 is 27.9 Å². The van der Waals surface area contributed by atoms with Crippen LogP contribution in [0.25, 0.3) is 0 Å². The van der Waals surface area contributed by atoms with Crippen LogP contribution in [0.5, 0.6) is 5.75 Å². The van der Waals surface area contributed by atoms with Gasteiger partial charge in [0, 0.05) is 0 Å². The van der Waals surface area contributed by atoms with E-state index in [0.717, 1.165) is 12.1 Å². The van der Waals surface area contributed by atoms with E-state index in [1.54, 1.807) is 0 Å². The average molecular weight is 198 g/mol. The first-order chi connectivity index (χ1) is 6.45. The summed E-state index contributed by atoms with van der Waals surface area (Å²) in [5.41, 5.74) is 3.38. The summed E-state index contributed by atoms with van der Waals surface area (Å²) in [7, 11) is 0. The molecule has 0 bridgehead atoms.